The minimum Gasteiger partial charge on any atom is -0.384 e. The minimum absolute atomic E-state index is 0.0188. The Morgan fingerprint density at radius 3 is 2.79 bits per heavy atom. The Hall–Kier alpha value is -2.74. The zero-order valence-electron chi connectivity index (χ0n) is 15.4. The van der Waals surface area contributed by atoms with E-state index in [9.17, 15) is 9.59 Å². The second-order valence-electron chi connectivity index (χ2n) is 6.92. The summed E-state index contributed by atoms with van der Waals surface area (Å²) in [6.45, 7) is 2.72. The maximum atomic E-state index is 11.8. The number of hydrogen-bond acceptors (Lipinski definition) is 8. The molecule has 2 saturated heterocycles. The molecule has 0 radical (unpaired) electrons. The van der Waals surface area contributed by atoms with E-state index in [0.29, 0.717) is 22.5 Å². The number of nitrogens with one attached hydrogen (secondary N) is 1. The molecule has 0 unspecified atom stereocenters. The molecule has 2 aliphatic heterocycles. The molecule has 0 spiro atoms. The van der Waals surface area contributed by atoms with E-state index < -0.39 is 0 Å². The van der Waals surface area contributed by atoms with Gasteiger partial charge in [-0.1, -0.05) is 0 Å². The second kappa shape index (κ2) is 8.52. The third-order valence-electron chi connectivity index (χ3n) is 4.90. The average molecular weight is 395 g/mol. The molecule has 4 rings (SSSR count). The van der Waals surface area contributed by atoms with Crippen LogP contribution in [0.15, 0.2) is 41.7 Å². The first-order valence-electron chi connectivity index (χ1n) is 9.35. The number of nitrogens with zero attached hydrogens (tertiary/aromatic N) is 4. The van der Waals surface area contributed by atoms with Crippen LogP contribution in [0.4, 0.5) is 11.6 Å². The molecule has 2 fully saturated rings. The van der Waals surface area contributed by atoms with Gasteiger partial charge in [0, 0.05) is 38.2 Å². The molecule has 7 nitrogen and oxygen atoms in total. The van der Waals surface area contributed by atoms with Gasteiger partial charge in [0.2, 0.25) is 11.1 Å². The van der Waals surface area contributed by atoms with E-state index in [1.54, 1.807) is 24.5 Å². The first kappa shape index (κ1) is 18.6. The topological polar surface area (TPSA) is 88.1 Å². The highest BCUT2D eigenvalue weighted by Crippen LogP contribution is 2.30. The van der Waals surface area contributed by atoms with E-state index in [1.165, 1.54) is 0 Å². The molecular weight excluding hydrogens is 374 g/mol. The van der Waals surface area contributed by atoms with Crippen LogP contribution in [-0.4, -0.2) is 45.5 Å². The van der Waals surface area contributed by atoms with Gasteiger partial charge in [-0.2, -0.15) is 0 Å². The van der Waals surface area contributed by atoms with Gasteiger partial charge in [0.1, 0.15) is 0 Å². The fraction of sp³-hybridized carbons (Fsp3) is 0.350. The van der Waals surface area contributed by atoms with Crippen LogP contribution in [0.1, 0.15) is 25.0 Å². The van der Waals surface area contributed by atoms with Crippen molar-refractivity contribution in [2.45, 2.75) is 19.3 Å². The average Bonchev–Trinajstić information content (AvgIpc) is 3.04. The van der Waals surface area contributed by atoms with E-state index in [-0.39, 0.29) is 17.3 Å². The summed E-state index contributed by atoms with van der Waals surface area (Å²) in [5.41, 5.74) is 1.71. The van der Waals surface area contributed by atoms with Crippen molar-refractivity contribution in [2.24, 2.45) is 5.92 Å². The van der Waals surface area contributed by atoms with Crippen LogP contribution in [0.25, 0.3) is 6.08 Å². The van der Waals surface area contributed by atoms with Crippen LogP contribution in [0, 0.1) is 5.92 Å². The van der Waals surface area contributed by atoms with Gasteiger partial charge in [0.15, 0.2) is 5.78 Å². The molecule has 0 amide bonds. The number of allylic oxidation sites excluding steroid dienone is 1. The molecule has 0 aromatic carbocycles. The monoisotopic (exact) mass is 395 g/mol. The molecule has 28 heavy (non-hydrogen) atoms. The van der Waals surface area contributed by atoms with Gasteiger partial charge >= 0.3 is 0 Å². The highest BCUT2D eigenvalue weighted by atomic mass is 32.2. The smallest absolute Gasteiger partial charge is 0.225 e. The Morgan fingerprint density at radius 1 is 1.21 bits per heavy atom. The molecule has 2 aliphatic rings. The van der Waals surface area contributed by atoms with Crippen LogP contribution in [0.3, 0.4) is 0 Å². The number of anilines is 2. The van der Waals surface area contributed by atoms with Gasteiger partial charge in [-0.3, -0.25) is 14.6 Å². The fourth-order valence-electron chi connectivity index (χ4n) is 3.34. The van der Waals surface area contributed by atoms with Crippen LogP contribution in [-0.2, 0) is 9.59 Å². The fourth-order valence-corrected chi connectivity index (χ4v) is 4.15. The highest BCUT2D eigenvalue weighted by Gasteiger charge is 2.26. The summed E-state index contributed by atoms with van der Waals surface area (Å²) in [5.74, 6) is 1.15. The molecule has 0 aliphatic carbocycles. The number of Topliss-reactive ketones (excluding diaryl/α,β-unsaturated/α-hetero) is 1. The Balaban J connectivity index is 1.34. The number of pyridine rings is 1. The predicted octanol–water partition coefficient (Wildman–Crippen LogP) is 2.77. The van der Waals surface area contributed by atoms with Crippen molar-refractivity contribution < 1.29 is 9.59 Å². The van der Waals surface area contributed by atoms with Gasteiger partial charge < -0.3 is 10.2 Å². The lowest BCUT2D eigenvalue weighted by molar-refractivity contribution is -0.119. The normalized spacial score (nSPS) is 19.4. The van der Waals surface area contributed by atoms with E-state index >= 15 is 0 Å². The first-order chi connectivity index (χ1) is 13.7. The van der Waals surface area contributed by atoms with Crippen molar-refractivity contribution in [3.8, 4) is 0 Å². The van der Waals surface area contributed by atoms with E-state index in [2.05, 4.69) is 25.2 Å². The van der Waals surface area contributed by atoms with E-state index in [0.717, 1.165) is 49.9 Å². The largest absolute Gasteiger partial charge is 0.384 e. The molecule has 4 heterocycles. The number of piperidine rings is 1. The molecule has 144 valence electrons. The lowest BCUT2D eigenvalue weighted by Crippen LogP contribution is -2.36. The number of thioether (sulfide) groups is 1. The van der Waals surface area contributed by atoms with Crippen LogP contribution in [0.2, 0.25) is 0 Å². The second-order valence-corrected chi connectivity index (χ2v) is 8.02. The maximum absolute atomic E-state index is 11.8. The molecule has 2 aromatic rings. The third-order valence-corrected chi connectivity index (χ3v) is 5.84. The molecule has 0 bridgehead atoms. The summed E-state index contributed by atoms with van der Waals surface area (Å²) in [4.78, 5) is 38.9. The van der Waals surface area contributed by atoms with Crippen molar-refractivity contribution >= 4 is 40.4 Å². The molecule has 2 aromatic heterocycles. The van der Waals surface area contributed by atoms with Crippen LogP contribution >= 0.6 is 11.8 Å². The van der Waals surface area contributed by atoms with Crippen molar-refractivity contribution in [2.75, 3.05) is 29.9 Å². The van der Waals surface area contributed by atoms with Crippen molar-refractivity contribution in [1.29, 1.82) is 0 Å². The lowest BCUT2D eigenvalue weighted by atomic mass is 9.97. The van der Waals surface area contributed by atoms with Crippen LogP contribution in [0.5, 0.6) is 0 Å². The lowest BCUT2D eigenvalue weighted by Gasteiger charge is -2.32. The zero-order valence-corrected chi connectivity index (χ0v) is 16.2. The van der Waals surface area contributed by atoms with Gasteiger partial charge in [-0.05, 0) is 54.8 Å². The predicted molar refractivity (Wildman–Crippen MR) is 110 cm³/mol. The maximum Gasteiger partial charge on any atom is 0.225 e. The van der Waals surface area contributed by atoms with Crippen molar-refractivity contribution in [1.82, 2.24) is 15.0 Å². The Labute approximate surface area is 167 Å². The van der Waals surface area contributed by atoms with Crippen molar-refractivity contribution in [3.05, 3.63) is 47.4 Å². The number of ketones is 1. The number of aromatic nitrogens is 3. The van der Waals surface area contributed by atoms with E-state index in [1.807, 2.05) is 18.3 Å². The molecule has 8 heteroatoms. The SMILES string of the molecule is O=C1CC(=O)/C(=C/c2ccnc(N3CCC(CNc4cccnc4)CC3)n2)S1. The number of rotatable bonds is 5. The Kier molecular flexibility index (Phi) is 5.66. The Morgan fingerprint density at radius 2 is 2.07 bits per heavy atom. The standard InChI is InChI=1S/C20H21N5O2S/c26-17-11-19(27)28-18(17)10-15-3-7-22-20(24-15)25-8-4-14(5-9-25)12-23-16-2-1-6-21-13-16/h1-3,6-7,10,13-14,23H,4-5,8-9,11-12H2/b18-10-. The van der Waals surface area contributed by atoms with Gasteiger partial charge in [0.05, 0.1) is 22.7 Å². The number of carbonyl (C=O) groups is 2. The molecule has 1 N–H and O–H groups in total. The first-order valence-corrected chi connectivity index (χ1v) is 10.2. The zero-order chi connectivity index (χ0) is 19.3. The number of carbonyl (C=O) groups excluding carboxylic acids is 2. The number of hydrogen-bond donors (Lipinski definition) is 1. The summed E-state index contributed by atoms with van der Waals surface area (Å²) < 4.78 is 0. The summed E-state index contributed by atoms with van der Waals surface area (Å²) in [6, 6.07) is 5.72. The molecular formula is C20H21N5O2S. The van der Waals surface area contributed by atoms with Gasteiger partial charge in [-0.15, -0.1) is 0 Å². The third kappa shape index (κ3) is 4.56. The van der Waals surface area contributed by atoms with Crippen molar-refractivity contribution in [3.63, 3.8) is 0 Å². The molecule has 0 atom stereocenters. The van der Waals surface area contributed by atoms with Crippen LogP contribution < -0.4 is 10.2 Å². The molecule has 0 saturated carbocycles. The van der Waals surface area contributed by atoms with Gasteiger partial charge in [-0.25, -0.2) is 9.97 Å². The van der Waals surface area contributed by atoms with Gasteiger partial charge in [0.25, 0.3) is 0 Å². The summed E-state index contributed by atoms with van der Waals surface area (Å²) in [6.07, 6.45) is 9.10. The summed E-state index contributed by atoms with van der Waals surface area (Å²) >= 11 is 1.00. The quantitative estimate of drug-likeness (QED) is 0.611. The Bertz CT molecular complexity index is 894. The van der Waals surface area contributed by atoms with E-state index in [4.69, 9.17) is 0 Å². The summed E-state index contributed by atoms with van der Waals surface area (Å²) in [7, 11) is 0. The summed E-state index contributed by atoms with van der Waals surface area (Å²) in [5, 5.41) is 3.34. The highest BCUT2D eigenvalue weighted by molar-refractivity contribution is 8.18. The minimum atomic E-state index is -0.128.